The minimum absolute atomic E-state index is 0.199. The van der Waals surface area contributed by atoms with Crippen molar-refractivity contribution >= 4 is 33.3 Å². The van der Waals surface area contributed by atoms with Gasteiger partial charge in [-0.25, -0.2) is 4.98 Å². The summed E-state index contributed by atoms with van der Waals surface area (Å²) in [7, 11) is 0. The first kappa shape index (κ1) is 23.1. The molecular weight excluding hydrogens is 464 g/mol. The third kappa shape index (κ3) is 5.07. The van der Waals surface area contributed by atoms with E-state index in [9.17, 15) is 9.59 Å². The molecule has 0 amide bonds. The van der Waals surface area contributed by atoms with Gasteiger partial charge in [-0.15, -0.1) is 11.3 Å². The molecule has 2 aromatic heterocycles. The Balaban J connectivity index is 1.13. The molecule has 4 aromatic rings. The van der Waals surface area contributed by atoms with Crippen LogP contribution in [0.1, 0.15) is 45.2 Å². The van der Waals surface area contributed by atoms with Gasteiger partial charge in [0.05, 0.1) is 15.2 Å². The van der Waals surface area contributed by atoms with Crippen molar-refractivity contribution < 1.29 is 23.8 Å². The number of ketones is 1. The van der Waals surface area contributed by atoms with Crippen molar-refractivity contribution in [1.82, 2.24) is 9.55 Å². The summed E-state index contributed by atoms with van der Waals surface area (Å²) in [6.07, 6.45) is 1.60. The van der Waals surface area contributed by atoms with Crippen molar-refractivity contribution in [2.45, 2.75) is 39.7 Å². The van der Waals surface area contributed by atoms with E-state index in [-0.39, 0.29) is 31.6 Å². The van der Waals surface area contributed by atoms with Crippen LogP contribution in [0.4, 0.5) is 0 Å². The highest BCUT2D eigenvalue weighted by atomic mass is 32.1. The van der Waals surface area contributed by atoms with Crippen LogP contribution in [0.25, 0.3) is 10.2 Å². The summed E-state index contributed by atoms with van der Waals surface area (Å²) in [6.45, 7) is 4.46. The second-order valence-electron chi connectivity index (χ2n) is 8.57. The number of thiazole rings is 1. The van der Waals surface area contributed by atoms with Gasteiger partial charge < -0.3 is 18.8 Å². The fourth-order valence-electron chi connectivity index (χ4n) is 4.26. The van der Waals surface area contributed by atoms with E-state index >= 15 is 0 Å². The monoisotopic (exact) mass is 490 g/mol. The molecule has 0 aliphatic carbocycles. The number of para-hydroxylation sites is 1. The van der Waals surface area contributed by atoms with Crippen molar-refractivity contribution in [3.63, 3.8) is 0 Å². The average Bonchev–Trinajstić information content (AvgIpc) is 3.56. The SMILES string of the molecule is Cc1cc(C(=O)COC(=O)CCCc2nc3ccccc3s2)c(C)n1Cc1ccc2c(c1)OCO2. The first-order chi connectivity index (χ1) is 17.0. The summed E-state index contributed by atoms with van der Waals surface area (Å²) in [5.74, 6) is 0.909. The molecule has 3 heterocycles. The van der Waals surface area contributed by atoms with E-state index in [1.807, 2.05) is 62.4 Å². The fraction of sp³-hybridized carbons (Fsp3) is 0.296. The van der Waals surface area contributed by atoms with Gasteiger partial charge in [0.1, 0.15) is 0 Å². The Kier molecular flexibility index (Phi) is 6.55. The number of hydrogen-bond acceptors (Lipinski definition) is 7. The third-order valence-electron chi connectivity index (χ3n) is 6.13. The Labute approximate surface area is 207 Å². The van der Waals surface area contributed by atoms with Crippen LogP contribution in [0.5, 0.6) is 11.5 Å². The Morgan fingerprint density at radius 3 is 2.77 bits per heavy atom. The zero-order valence-corrected chi connectivity index (χ0v) is 20.5. The number of nitrogens with zero attached hydrogens (tertiary/aromatic N) is 2. The molecule has 35 heavy (non-hydrogen) atoms. The number of Topliss-reactive ketones (excluding diaryl/α,β-unsaturated/α-hetero) is 1. The van der Waals surface area contributed by atoms with E-state index in [0.29, 0.717) is 24.9 Å². The zero-order chi connectivity index (χ0) is 24.4. The summed E-state index contributed by atoms with van der Waals surface area (Å²) in [5, 5.41) is 1.00. The second-order valence-corrected chi connectivity index (χ2v) is 9.69. The van der Waals surface area contributed by atoms with E-state index in [2.05, 4.69) is 9.55 Å². The summed E-state index contributed by atoms with van der Waals surface area (Å²) in [6, 6.07) is 15.7. The van der Waals surface area contributed by atoms with Gasteiger partial charge in [-0.1, -0.05) is 18.2 Å². The molecular formula is C27H26N2O5S. The number of esters is 1. The van der Waals surface area contributed by atoms with Gasteiger partial charge >= 0.3 is 5.97 Å². The molecule has 0 fully saturated rings. The number of carbonyl (C=O) groups excluding carboxylic acids is 2. The predicted octanol–water partition coefficient (Wildman–Crippen LogP) is 5.24. The molecule has 0 saturated carbocycles. The lowest BCUT2D eigenvalue weighted by molar-refractivity contribution is -0.142. The van der Waals surface area contributed by atoms with Crippen molar-refractivity contribution in [3.8, 4) is 11.5 Å². The quantitative estimate of drug-likeness (QED) is 0.236. The summed E-state index contributed by atoms with van der Waals surface area (Å²) in [5.41, 5.74) is 4.42. The largest absolute Gasteiger partial charge is 0.457 e. The minimum Gasteiger partial charge on any atom is -0.457 e. The lowest BCUT2D eigenvalue weighted by Crippen LogP contribution is -2.15. The standard InChI is InChI=1S/C27H26N2O5S/c1-17-12-20(18(2)29(17)14-19-10-11-23-24(13-19)34-16-33-23)22(30)15-32-27(31)9-5-8-26-28-21-6-3-4-7-25(21)35-26/h3-4,6-7,10-13H,5,8-9,14-16H2,1-2H3. The molecule has 0 saturated heterocycles. The molecule has 0 radical (unpaired) electrons. The van der Waals surface area contributed by atoms with Crippen molar-refractivity contribution in [2.75, 3.05) is 13.4 Å². The van der Waals surface area contributed by atoms with Crippen molar-refractivity contribution in [1.29, 1.82) is 0 Å². The van der Waals surface area contributed by atoms with Gasteiger partial charge in [0.2, 0.25) is 12.6 Å². The number of aromatic nitrogens is 2. The zero-order valence-electron chi connectivity index (χ0n) is 19.7. The summed E-state index contributed by atoms with van der Waals surface area (Å²) < 4.78 is 19.3. The van der Waals surface area contributed by atoms with Crippen LogP contribution in [0, 0.1) is 13.8 Å². The molecule has 2 aromatic carbocycles. The Bertz CT molecular complexity index is 1370. The number of benzene rings is 2. The summed E-state index contributed by atoms with van der Waals surface area (Å²) in [4.78, 5) is 29.6. The molecule has 8 heteroatoms. The molecule has 1 aliphatic rings. The van der Waals surface area contributed by atoms with Gasteiger partial charge in [0.25, 0.3) is 0 Å². The van der Waals surface area contributed by atoms with Gasteiger partial charge in [0.15, 0.2) is 18.1 Å². The molecule has 0 N–H and O–H groups in total. The molecule has 0 bridgehead atoms. The van der Waals surface area contributed by atoms with Crippen LogP contribution in [-0.4, -0.2) is 34.7 Å². The Hall–Kier alpha value is -3.65. The molecule has 7 nitrogen and oxygen atoms in total. The predicted molar refractivity (Wildman–Crippen MR) is 133 cm³/mol. The summed E-state index contributed by atoms with van der Waals surface area (Å²) >= 11 is 1.64. The second kappa shape index (κ2) is 9.92. The molecule has 5 rings (SSSR count). The number of aryl methyl sites for hydroxylation is 2. The maximum absolute atomic E-state index is 12.8. The number of hydrogen-bond donors (Lipinski definition) is 0. The maximum Gasteiger partial charge on any atom is 0.306 e. The fourth-order valence-corrected chi connectivity index (χ4v) is 5.26. The van der Waals surface area contributed by atoms with Crippen LogP contribution >= 0.6 is 11.3 Å². The van der Waals surface area contributed by atoms with Gasteiger partial charge in [-0.3, -0.25) is 9.59 Å². The van der Waals surface area contributed by atoms with Crippen LogP contribution in [0.2, 0.25) is 0 Å². The van der Waals surface area contributed by atoms with E-state index in [0.717, 1.165) is 43.7 Å². The Morgan fingerprint density at radius 1 is 1.09 bits per heavy atom. The number of carbonyl (C=O) groups is 2. The van der Waals surface area contributed by atoms with Gasteiger partial charge in [-0.05, 0) is 62.6 Å². The normalized spacial score (nSPS) is 12.3. The van der Waals surface area contributed by atoms with E-state index in [1.165, 1.54) is 0 Å². The molecule has 0 atom stereocenters. The maximum atomic E-state index is 12.8. The number of rotatable bonds is 9. The number of ether oxygens (including phenoxy) is 3. The molecule has 0 unspecified atom stereocenters. The van der Waals surface area contributed by atoms with Crippen molar-refractivity contribution in [2.24, 2.45) is 0 Å². The Morgan fingerprint density at radius 2 is 1.91 bits per heavy atom. The van der Waals surface area contributed by atoms with E-state index < -0.39 is 0 Å². The highest BCUT2D eigenvalue weighted by Gasteiger charge is 2.19. The highest BCUT2D eigenvalue weighted by Crippen LogP contribution is 2.33. The topological polar surface area (TPSA) is 79.7 Å². The third-order valence-corrected chi connectivity index (χ3v) is 7.22. The first-order valence-electron chi connectivity index (χ1n) is 11.6. The van der Waals surface area contributed by atoms with Gasteiger partial charge in [-0.2, -0.15) is 0 Å². The lowest BCUT2D eigenvalue weighted by Gasteiger charge is -2.11. The smallest absolute Gasteiger partial charge is 0.306 e. The van der Waals surface area contributed by atoms with Gasteiger partial charge in [0, 0.05) is 29.9 Å². The minimum atomic E-state index is -0.367. The molecule has 180 valence electrons. The van der Waals surface area contributed by atoms with Crippen LogP contribution in [0.15, 0.2) is 48.5 Å². The van der Waals surface area contributed by atoms with E-state index in [4.69, 9.17) is 14.2 Å². The molecule has 1 aliphatic heterocycles. The lowest BCUT2D eigenvalue weighted by atomic mass is 10.1. The van der Waals surface area contributed by atoms with Crippen LogP contribution < -0.4 is 9.47 Å². The first-order valence-corrected chi connectivity index (χ1v) is 12.4. The molecule has 0 spiro atoms. The van der Waals surface area contributed by atoms with Crippen LogP contribution in [-0.2, 0) is 22.5 Å². The highest BCUT2D eigenvalue weighted by molar-refractivity contribution is 7.18. The van der Waals surface area contributed by atoms with Crippen molar-refractivity contribution in [3.05, 3.63) is 76.1 Å². The number of fused-ring (bicyclic) bond motifs is 2. The average molecular weight is 491 g/mol. The van der Waals surface area contributed by atoms with Crippen LogP contribution in [0.3, 0.4) is 0 Å². The van der Waals surface area contributed by atoms with E-state index in [1.54, 1.807) is 11.3 Å².